The third-order valence-electron chi connectivity index (χ3n) is 2.09. The number of hydrogen-bond donors (Lipinski definition) is 2. The van der Waals surface area contributed by atoms with Crippen molar-refractivity contribution >= 4 is 32.5 Å². The number of nitrogens with two attached hydrogens (primary N) is 1. The first kappa shape index (κ1) is 10.4. The topological polar surface area (TPSA) is 41.8 Å². The molecule has 0 saturated heterocycles. The number of benzene rings is 1. The lowest BCUT2D eigenvalue weighted by Gasteiger charge is -2.08. The van der Waals surface area contributed by atoms with Crippen molar-refractivity contribution in [3.05, 3.63) is 28.4 Å². The van der Waals surface area contributed by atoms with E-state index >= 15 is 0 Å². The molecule has 0 aliphatic carbocycles. The average molecular weight is 279 g/mol. The molecule has 0 radical (unpaired) electrons. The van der Waals surface area contributed by atoms with Crippen LogP contribution in [0.25, 0.3) is 10.9 Å². The first-order valence-corrected chi connectivity index (χ1v) is 4.82. The fourth-order valence-electron chi connectivity index (χ4n) is 1.42. The fraction of sp³-hybridized carbons (Fsp3) is 0.111. The lowest BCUT2D eigenvalue weighted by molar-refractivity contribution is -0.137. The van der Waals surface area contributed by atoms with E-state index in [9.17, 15) is 13.2 Å². The van der Waals surface area contributed by atoms with Gasteiger partial charge in [-0.15, -0.1) is 0 Å². The van der Waals surface area contributed by atoms with Crippen molar-refractivity contribution in [1.82, 2.24) is 4.98 Å². The van der Waals surface area contributed by atoms with E-state index in [0.717, 1.165) is 12.1 Å². The second kappa shape index (κ2) is 3.16. The van der Waals surface area contributed by atoms with Gasteiger partial charge in [0, 0.05) is 27.3 Å². The molecule has 1 heterocycles. The predicted octanol–water partition coefficient (Wildman–Crippen LogP) is 3.53. The van der Waals surface area contributed by atoms with Gasteiger partial charge >= 0.3 is 6.18 Å². The Bertz CT molecular complexity index is 516. The van der Waals surface area contributed by atoms with Crippen LogP contribution in [0.4, 0.5) is 18.9 Å². The van der Waals surface area contributed by atoms with Gasteiger partial charge in [0.2, 0.25) is 0 Å². The van der Waals surface area contributed by atoms with Crippen molar-refractivity contribution in [3.8, 4) is 0 Å². The Morgan fingerprint density at radius 2 is 1.93 bits per heavy atom. The predicted molar refractivity (Wildman–Crippen MR) is 55.4 cm³/mol. The minimum Gasteiger partial charge on any atom is -0.398 e. The van der Waals surface area contributed by atoms with E-state index in [-0.39, 0.29) is 5.69 Å². The van der Waals surface area contributed by atoms with E-state index in [1.807, 2.05) is 0 Å². The summed E-state index contributed by atoms with van der Waals surface area (Å²) < 4.78 is 37.9. The van der Waals surface area contributed by atoms with Crippen LogP contribution in [-0.4, -0.2) is 4.98 Å². The Labute approximate surface area is 91.4 Å². The molecular formula is C9H6BrF3N2. The van der Waals surface area contributed by atoms with Crippen LogP contribution in [0.2, 0.25) is 0 Å². The minimum atomic E-state index is -4.38. The Hall–Kier alpha value is -1.17. The Morgan fingerprint density at radius 1 is 1.27 bits per heavy atom. The second-order valence-corrected chi connectivity index (χ2v) is 3.98. The molecule has 2 rings (SSSR count). The molecule has 0 saturated carbocycles. The molecule has 0 fully saturated rings. The molecule has 0 bridgehead atoms. The summed E-state index contributed by atoms with van der Waals surface area (Å²) in [6.45, 7) is 0. The summed E-state index contributed by atoms with van der Waals surface area (Å²) in [7, 11) is 0. The number of rotatable bonds is 0. The third kappa shape index (κ3) is 1.69. The number of nitrogens with one attached hydrogen (secondary N) is 1. The molecule has 2 nitrogen and oxygen atoms in total. The van der Waals surface area contributed by atoms with E-state index in [1.165, 1.54) is 0 Å². The van der Waals surface area contributed by atoms with E-state index in [0.29, 0.717) is 15.4 Å². The summed E-state index contributed by atoms with van der Waals surface area (Å²) in [6.07, 6.45) is -2.82. The lowest BCUT2D eigenvalue weighted by atomic mass is 10.1. The Morgan fingerprint density at radius 3 is 2.53 bits per heavy atom. The molecule has 15 heavy (non-hydrogen) atoms. The maximum absolute atomic E-state index is 12.4. The number of aromatic nitrogens is 1. The van der Waals surface area contributed by atoms with Crippen LogP contribution in [0.15, 0.2) is 22.8 Å². The van der Waals surface area contributed by atoms with Crippen LogP contribution >= 0.6 is 15.9 Å². The molecule has 0 unspecified atom stereocenters. The number of aromatic amines is 1. The van der Waals surface area contributed by atoms with Gasteiger partial charge in [0.25, 0.3) is 0 Å². The summed E-state index contributed by atoms with van der Waals surface area (Å²) in [5.41, 5.74) is 5.27. The van der Waals surface area contributed by atoms with E-state index in [1.54, 1.807) is 6.20 Å². The number of H-pyrrole nitrogens is 1. The molecule has 1 aromatic heterocycles. The SMILES string of the molecule is Nc1cc(C(F)(F)F)cc2[nH]cc(Br)c12. The van der Waals surface area contributed by atoms with Crippen LogP contribution < -0.4 is 5.73 Å². The molecule has 0 spiro atoms. The average Bonchev–Trinajstić information content (AvgIpc) is 2.46. The van der Waals surface area contributed by atoms with Crippen molar-refractivity contribution in [2.45, 2.75) is 6.18 Å². The summed E-state index contributed by atoms with van der Waals surface area (Å²) in [5.74, 6) is 0. The van der Waals surface area contributed by atoms with Crippen LogP contribution in [0.5, 0.6) is 0 Å². The number of halogens is 4. The van der Waals surface area contributed by atoms with Crippen LogP contribution in [0, 0.1) is 0 Å². The molecule has 0 aliphatic heterocycles. The lowest BCUT2D eigenvalue weighted by Crippen LogP contribution is -2.05. The summed E-state index contributed by atoms with van der Waals surface area (Å²) in [5, 5.41) is 0.572. The van der Waals surface area contributed by atoms with Crippen molar-refractivity contribution in [2.75, 3.05) is 5.73 Å². The van der Waals surface area contributed by atoms with Crippen molar-refractivity contribution in [2.24, 2.45) is 0 Å². The van der Waals surface area contributed by atoms with E-state index < -0.39 is 11.7 Å². The van der Waals surface area contributed by atoms with Gasteiger partial charge in [-0.05, 0) is 28.1 Å². The molecule has 3 N–H and O–H groups in total. The number of hydrogen-bond acceptors (Lipinski definition) is 1. The summed E-state index contributed by atoms with van der Waals surface area (Å²) in [4.78, 5) is 2.71. The zero-order valence-electron chi connectivity index (χ0n) is 7.32. The van der Waals surface area contributed by atoms with Crippen molar-refractivity contribution in [1.29, 1.82) is 0 Å². The smallest absolute Gasteiger partial charge is 0.398 e. The molecule has 0 atom stereocenters. The summed E-state index contributed by atoms with van der Waals surface area (Å²) >= 11 is 3.20. The van der Waals surface area contributed by atoms with Gasteiger partial charge < -0.3 is 10.7 Å². The first-order valence-electron chi connectivity index (χ1n) is 4.03. The fourth-order valence-corrected chi connectivity index (χ4v) is 1.98. The quantitative estimate of drug-likeness (QED) is 0.712. The maximum atomic E-state index is 12.4. The van der Waals surface area contributed by atoms with Gasteiger partial charge in [-0.25, -0.2) is 0 Å². The molecule has 0 aliphatic rings. The number of anilines is 1. The highest BCUT2D eigenvalue weighted by Crippen LogP contribution is 2.36. The molecule has 6 heteroatoms. The number of nitrogen functional groups attached to an aromatic ring is 1. The Balaban J connectivity index is 2.74. The second-order valence-electron chi connectivity index (χ2n) is 3.12. The highest BCUT2D eigenvalue weighted by molar-refractivity contribution is 9.10. The standard InChI is InChI=1S/C9H6BrF3N2/c10-5-3-15-7-2-4(9(11,12)13)1-6(14)8(5)7/h1-3,15H,14H2. The van der Waals surface area contributed by atoms with Crippen LogP contribution in [0.1, 0.15) is 5.56 Å². The highest BCUT2D eigenvalue weighted by atomic mass is 79.9. The molecule has 2 aromatic rings. The Kier molecular flexibility index (Phi) is 2.18. The minimum absolute atomic E-state index is 0.105. The van der Waals surface area contributed by atoms with Gasteiger partial charge in [-0.3, -0.25) is 0 Å². The van der Waals surface area contributed by atoms with Gasteiger partial charge in [0.1, 0.15) is 0 Å². The molecule has 1 aromatic carbocycles. The van der Waals surface area contributed by atoms with Gasteiger partial charge in [-0.2, -0.15) is 13.2 Å². The van der Waals surface area contributed by atoms with Crippen LogP contribution in [-0.2, 0) is 6.18 Å². The van der Waals surface area contributed by atoms with Gasteiger partial charge in [0.15, 0.2) is 0 Å². The zero-order chi connectivity index (χ0) is 11.2. The molecular weight excluding hydrogens is 273 g/mol. The first-order chi connectivity index (χ1) is 6.89. The highest BCUT2D eigenvalue weighted by Gasteiger charge is 2.31. The van der Waals surface area contributed by atoms with E-state index in [2.05, 4.69) is 20.9 Å². The third-order valence-corrected chi connectivity index (χ3v) is 2.71. The molecule has 0 amide bonds. The van der Waals surface area contributed by atoms with Gasteiger partial charge in [0.05, 0.1) is 5.56 Å². The molecule has 80 valence electrons. The normalized spacial score (nSPS) is 12.3. The number of alkyl halides is 3. The monoisotopic (exact) mass is 278 g/mol. The summed E-state index contributed by atoms with van der Waals surface area (Å²) in [6, 6.07) is 1.97. The van der Waals surface area contributed by atoms with E-state index in [4.69, 9.17) is 5.73 Å². The van der Waals surface area contributed by atoms with Crippen molar-refractivity contribution < 1.29 is 13.2 Å². The van der Waals surface area contributed by atoms with Crippen LogP contribution in [0.3, 0.4) is 0 Å². The number of fused-ring (bicyclic) bond motifs is 1. The van der Waals surface area contributed by atoms with Crippen molar-refractivity contribution in [3.63, 3.8) is 0 Å². The zero-order valence-corrected chi connectivity index (χ0v) is 8.91. The van der Waals surface area contributed by atoms with Gasteiger partial charge in [-0.1, -0.05) is 0 Å². The largest absolute Gasteiger partial charge is 0.416 e. The maximum Gasteiger partial charge on any atom is 0.416 e.